The number of carbonyl (C=O) groups excluding carboxylic acids is 1. The van der Waals surface area contributed by atoms with Gasteiger partial charge in [0.25, 0.3) is 0 Å². The summed E-state index contributed by atoms with van der Waals surface area (Å²) >= 11 is 7.68. The predicted molar refractivity (Wildman–Crippen MR) is 85.2 cm³/mol. The molecule has 0 saturated carbocycles. The van der Waals surface area contributed by atoms with Gasteiger partial charge in [0.05, 0.1) is 17.5 Å². The molecule has 0 aliphatic carbocycles. The van der Waals surface area contributed by atoms with Gasteiger partial charge in [0.15, 0.2) is 8.29 Å². The number of aromatic nitrogens is 3. The van der Waals surface area contributed by atoms with Crippen molar-refractivity contribution in [3.8, 4) is 0 Å². The van der Waals surface area contributed by atoms with Crippen LogP contribution in [0.2, 0.25) is 0 Å². The van der Waals surface area contributed by atoms with Crippen molar-refractivity contribution in [2.75, 3.05) is 5.75 Å². The number of thioether (sulfide) groups is 1. The van der Waals surface area contributed by atoms with E-state index in [0.29, 0.717) is 9.71 Å². The molecule has 0 fully saturated rings. The van der Waals surface area contributed by atoms with Gasteiger partial charge in [0.2, 0.25) is 5.91 Å². The van der Waals surface area contributed by atoms with E-state index >= 15 is 0 Å². The molecule has 0 spiro atoms. The van der Waals surface area contributed by atoms with E-state index in [1.165, 1.54) is 23.1 Å². The molecular formula is C12H16N4O2S3. The third-order valence-corrected chi connectivity index (χ3v) is 5.16. The van der Waals surface area contributed by atoms with Crippen LogP contribution in [0.25, 0.3) is 0 Å². The molecule has 0 bridgehead atoms. The number of nitrogens with zero attached hydrogens (tertiary/aromatic N) is 2. The van der Waals surface area contributed by atoms with Gasteiger partial charge in [-0.2, -0.15) is 5.10 Å². The van der Waals surface area contributed by atoms with Crippen LogP contribution in [0, 0.1) is 17.8 Å². The van der Waals surface area contributed by atoms with Gasteiger partial charge >= 0.3 is 0 Å². The van der Waals surface area contributed by atoms with Gasteiger partial charge in [0, 0.05) is 5.56 Å². The molecule has 2 aromatic rings. The summed E-state index contributed by atoms with van der Waals surface area (Å²) in [7, 11) is 0. The SMILES string of the molecule is CC[C@@H](NC(=O)CSc1n[nH]c(=S)s1)c1c(C)noc1C. The number of aromatic amines is 1. The van der Waals surface area contributed by atoms with Crippen LogP contribution >= 0.6 is 35.3 Å². The van der Waals surface area contributed by atoms with Gasteiger partial charge in [0.1, 0.15) is 5.76 Å². The summed E-state index contributed by atoms with van der Waals surface area (Å²) in [6.45, 7) is 5.75. The Morgan fingerprint density at radius 2 is 2.33 bits per heavy atom. The summed E-state index contributed by atoms with van der Waals surface area (Å²) < 4.78 is 6.54. The highest BCUT2D eigenvalue weighted by Gasteiger charge is 2.20. The van der Waals surface area contributed by atoms with Gasteiger partial charge in [-0.15, -0.1) is 0 Å². The molecule has 2 heterocycles. The van der Waals surface area contributed by atoms with Gasteiger partial charge < -0.3 is 9.84 Å². The zero-order valence-corrected chi connectivity index (χ0v) is 14.4. The van der Waals surface area contributed by atoms with E-state index in [9.17, 15) is 4.79 Å². The molecule has 114 valence electrons. The number of amides is 1. The minimum Gasteiger partial charge on any atom is -0.361 e. The first-order chi connectivity index (χ1) is 10.0. The van der Waals surface area contributed by atoms with E-state index in [1.54, 1.807) is 0 Å². The fourth-order valence-electron chi connectivity index (χ4n) is 2.01. The minimum absolute atomic E-state index is 0.0482. The number of hydrogen-bond acceptors (Lipinski definition) is 7. The predicted octanol–water partition coefficient (Wildman–Crippen LogP) is 3.17. The summed E-state index contributed by atoms with van der Waals surface area (Å²) in [5.41, 5.74) is 1.78. The molecular weight excluding hydrogens is 328 g/mol. The van der Waals surface area contributed by atoms with Crippen molar-refractivity contribution in [2.45, 2.75) is 37.6 Å². The van der Waals surface area contributed by atoms with Crippen LogP contribution in [0.3, 0.4) is 0 Å². The van der Waals surface area contributed by atoms with Gasteiger partial charge in [-0.3, -0.25) is 9.89 Å². The Morgan fingerprint density at radius 1 is 1.57 bits per heavy atom. The highest BCUT2D eigenvalue weighted by atomic mass is 32.2. The lowest BCUT2D eigenvalue weighted by Gasteiger charge is -2.16. The Bertz CT molecular complexity index is 657. The second kappa shape index (κ2) is 7.19. The maximum atomic E-state index is 12.1. The Kier molecular flexibility index (Phi) is 5.54. The monoisotopic (exact) mass is 344 g/mol. The first kappa shape index (κ1) is 16.2. The molecule has 0 aliphatic rings. The molecule has 0 aliphatic heterocycles. The normalized spacial score (nSPS) is 12.3. The third kappa shape index (κ3) is 4.14. The van der Waals surface area contributed by atoms with Crippen molar-refractivity contribution in [3.05, 3.63) is 21.0 Å². The van der Waals surface area contributed by atoms with Crippen molar-refractivity contribution in [1.82, 2.24) is 20.7 Å². The summed E-state index contributed by atoms with van der Waals surface area (Å²) in [6.07, 6.45) is 0.778. The van der Waals surface area contributed by atoms with Gasteiger partial charge in [-0.1, -0.05) is 35.2 Å². The molecule has 6 nitrogen and oxygen atoms in total. The summed E-state index contributed by atoms with van der Waals surface area (Å²) in [5, 5.41) is 13.6. The van der Waals surface area contributed by atoms with E-state index in [-0.39, 0.29) is 11.9 Å². The highest BCUT2D eigenvalue weighted by molar-refractivity contribution is 8.01. The highest BCUT2D eigenvalue weighted by Crippen LogP contribution is 2.25. The topological polar surface area (TPSA) is 83.8 Å². The zero-order valence-electron chi connectivity index (χ0n) is 11.9. The van der Waals surface area contributed by atoms with Crippen molar-refractivity contribution in [1.29, 1.82) is 0 Å². The summed E-state index contributed by atoms with van der Waals surface area (Å²) in [4.78, 5) is 12.1. The van der Waals surface area contributed by atoms with Gasteiger partial charge in [-0.25, -0.2) is 0 Å². The standard InChI is InChI=1S/C12H16N4O2S3/c1-4-8(10-6(2)16-18-7(10)3)13-9(17)5-20-12-15-14-11(19)21-12/h8H,4-5H2,1-3H3,(H,13,17)(H,14,19)/t8-/m1/s1. The molecule has 2 rings (SSSR count). The number of H-pyrrole nitrogens is 1. The van der Waals surface area contributed by atoms with Crippen LogP contribution in [0.4, 0.5) is 0 Å². The lowest BCUT2D eigenvalue weighted by molar-refractivity contribution is -0.119. The molecule has 0 aromatic carbocycles. The average molecular weight is 344 g/mol. The first-order valence-electron chi connectivity index (χ1n) is 6.41. The molecule has 21 heavy (non-hydrogen) atoms. The molecule has 0 saturated heterocycles. The maximum Gasteiger partial charge on any atom is 0.230 e. The largest absolute Gasteiger partial charge is 0.361 e. The van der Waals surface area contributed by atoms with E-state index in [0.717, 1.165) is 27.8 Å². The second-order valence-electron chi connectivity index (χ2n) is 4.43. The van der Waals surface area contributed by atoms with Crippen LogP contribution in [0.15, 0.2) is 8.86 Å². The lowest BCUT2D eigenvalue weighted by atomic mass is 10.0. The molecule has 2 N–H and O–H groups in total. The van der Waals surface area contributed by atoms with Crippen LogP contribution in [0.1, 0.15) is 36.4 Å². The maximum absolute atomic E-state index is 12.1. The van der Waals surface area contributed by atoms with E-state index in [2.05, 4.69) is 20.7 Å². The summed E-state index contributed by atoms with van der Waals surface area (Å²) in [5.74, 6) is 1.00. The average Bonchev–Trinajstić information content (AvgIpc) is 3.01. The molecule has 9 heteroatoms. The number of nitrogens with one attached hydrogen (secondary N) is 2. The second-order valence-corrected chi connectivity index (χ2v) is 7.32. The minimum atomic E-state index is -0.0817. The number of carbonyl (C=O) groups is 1. The van der Waals surface area contributed by atoms with Crippen molar-refractivity contribution >= 4 is 41.2 Å². The van der Waals surface area contributed by atoms with E-state index in [4.69, 9.17) is 16.7 Å². The third-order valence-electron chi connectivity index (χ3n) is 2.93. The van der Waals surface area contributed by atoms with Crippen LogP contribution < -0.4 is 5.32 Å². The number of rotatable bonds is 6. The lowest BCUT2D eigenvalue weighted by Crippen LogP contribution is -2.30. The van der Waals surface area contributed by atoms with Gasteiger partial charge in [-0.05, 0) is 32.5 Å². The Labute approximate surface area is 135 Å². The zero-order chi connectivity index (χ0) is 15.4. The summed E-state index contributed by atoms with van der Waals surface area (Å²) in [6, 6.07) is -0.0817. The van der Waals surface area contributed by atoms with Crippen molar-refractivity contribution in [3.63, 3.8) is 0 Å². The first-order valence-corrected chi connectivity index (χ1v) is 8.62. The fraction of sp³-hybridized carbons (Fsp3) is 0.500. The Hall–Kier alpha value is -1.19. The molecule has 0 unspecified atom stereocenters. The Balaban J connectivity index is 1.95. The Morgan fingerprint density at radius 3 is 2.86 bits per heavy atom. The number of hydrogen-bond donors (Lipinski definition) is 2. The molecule has 1 amide bonds. The van der Waals surface area contributed by atoms with Crippen LogP contribution in [0.5, 0.6) is 0 Å². The van der Waals surface area contributed by atoms with E-state index in [1.807, 2.05) is 20.8 Å². The molecule has 0 radical (unpaired) electrons. The van der Waals surface area contributed by atoms with E-state index < -0.39 is 0 Å². The fourth-order valence-corrected chi connectivity index (χ4v) is 3.90. The van der Waals surface area contributed by atoms with Crippen LogP contribution in [-0.4, -0.2) is 27.0 Å². The van der Waals surface area contributed by atoms with Crippen molar-refractivity contribution in [2.24, 2.45) is 0 Å². The smallest absolute Gasteiger partial charge is 0.230 e. The number of aryl methyl sites for hydroxylation is 2. The van der Waals surface area contributed by atoms with Crippen molar-refractivity contribution < 1.29 is 9.32 Å². The quantitative estimate of drug-likeness (QED) is 0.618. The molecule has 2 aromatic heterocycles. The van der Waals surface area contributed by atoms with Crippen LogP contribution in [-0.2, 0) is 4.79 Å². The molecule has 1 atom stereocenters.